The summed E-state index contributed by atoms with van der Waals surface area (Å²) < 4.78 is 19.0. The first kappa shape index (κ1) is 12.8. The van der Waals surface area contributed by atoms with Crippen molar-refractivity contribution >= 4 is 21.7 Å². The van der Waals surface area contributed by atoms with Crippen LogP contribution in [-0.2, 0) is 0 Å². The Balaban J connectivity index is 2.00. The standard InChI is InChI=1S/C14H10BrFO2/c15-11-4-1-3-10(7-11)14(17)9-18-13-6-2-5-12(16)8-13/h1-8H,9H2. The lowest BCUT2D eigenvalue weighted by Crippen LogP contribution is -2.11. The molecule has 0 unspecified atom stereocenters. The molecule has 2 nitrogen and oxygen atoms in total. The molecule has 0 saturated carbocycles. The molecular weight excluding hydrogens is 299 g/mol. The predicted molar refractivity (Wildman–Crippen MR) is 70.4 cm³/mol. The summed E-state index contributed by atoms with van der Waals surface area (Å²) in [7, 11) is 0. The van der Waals surface area contributed by atoms with Gasteiger partial charge in [0.1, 0.15) is 11.6 Å². The van der Waals surface area contributed by atoms with Crippen LogP contribution in [0, 0.1) is 5.82 Å². The van der Waals surface area contributed by atoms with Crippen molar-refractivity contribution in [2.75, 3.05) is 6.61 Å². The molecule has 0 radical (unpaired) electrons. The number of carbonyl (C=O) groups is 1. The van der Waals surface area contributed by atoms with Crippen LogP contribution in [0.3, 0.4) is 0 Å². The van der Waals surface area contributed by atoms with Gasteiger partial charge in [0, 0.05) is 16.1 Å². The van der Waals surface area contributed by atoms with Crippen molar-refractivity contribution in [3.05, 3.63) is 64.4 Å². The molecule has 0 heterocycles. The van der Waals surface area contributed by atoms with Crippen molar-refractivity contribution in [2.24, 2.45) is 0 Å². The van der Waals surface area contributed by atoms with E-state index in [1.165, 1.54) is 18.2 Å². The topological polar surface area (TPSA) is 26.3 Å². The maximum atomic E-state index is 12.9. The lowest BCUT2D eigenvalue weighted by molar-refractivity contribution is 0.0921. The maximum absolute atomic E-state index is 12.9. The number of rotatable bonds is 4. The largest absolute Gasteiger partial charge is 0.485 e. The smallest absolute Gasteiger partial charge is 0.200 e. The average Bonchev–Trinajstić information content (AvgIpc) is 2.36. The maximum Gasteiger partial charge on any atom is 0.200 e. The van der Waals surface area contributed by atoms with Gasteiger partial charge in [-0.3, -0.25) is 4.79 Å². The van der Waals surface area contributed by atoms with Crippen LogP contribution in [0.1, 0.15) is 10.4 Å². The highest BCUT2D eigenvalue weighted by molar-refractivity contribution is 9.10. The Hall–Kier alpha value is -1.68. The first-order valence-electron chi connectivity index (χ1n) is 5.32. The van der Waals surface area contributed by atoms with Crippen LogP contribution in [0.2, 0.25) is 0 Å². The third-order valence-electron chi connectivity index (χ3n) is 2.31. The first-order chi connectivity index (χ1) is 8.65. The van der Waals surface area contributed by atoms with Crippen LogP contribution < -0.4 is 4.74 Å². The average molecular weight is 309 g/mol. The zero-order valence-electron chi connectivity index (χ0n) is 9.40. The van der Waals surface area contributed by atoms with Crippen molar-refractivity contribution in [3.63, 3.8) is 0 Å². The number of benzene rings is 2. The minimum absolute atomic E-state index is 0.111. The van der Waals surface area contributed by atoms with E-state index in [1.807, 2.05) is 6.07 Å². The molecule has 0 aromatic heterocycles. The second kappa shape index (κ2) is 5.78. The van der Waals surface area contributed by atoms with E-state index >= 15 is 0 Å². The van der Waals surface area contributed by atoms with Gasteiger partial charge in [-0.1, -0.05) is 34.1 Å². The summed E-state index contributed by atoms with van der Waals surface area (Å²) in [6, 6.07) is 12.8. The quantitative estimate of drug-likeness (QED) is 0.802. The zero-order chi connectivity index (χ0) is 13.0. The molecule has 0 bridgehead atoms. The minimum Gasteiger partial charge on any atom is -0.485 e. The van der Waals surface area contributed by atoms with E-state index in [2.05, 4.69) is 15.9 Å². The number of Topliss-reactive ketones (excluding diaryl/α,β-unsaturated/α-hetero) is 1. The second-order valence-electron chi connectivity index (χ2n) is 3.68. The zero-order valence-corrected chi connectivity index (χ0v) is 11.0. The second-order valence-corrected chi connectivity index (χ2v) is 4.60. The highest BCUT2D eigenvalue weighted by Gasteiger charge is 2.07. The van der Waals surface area contributed by atoms with Crippen LogP contribution in [0.15, 0.2) is 53.0 Å². The Morgan fingerprint density at radius 2 is 1.94 bits per heavy atom. The summed E-state index contributed by atoms with van der Waals surface area (Å²) in [5, 5.41) is 0. The van der Waals surface area contributed by atoms with Crippen molar-refractivity contribution in [1.82, 2.24) is 0 Å². The molecule has 18 heavy (non-hydrogen) atoms. The van der Waals surface area contributed by atoms with Crippen LogP contribution in [-0.4, -0.2) is 12.4 Å². The van der Waals surface area contributed by atoms with Gasteiger partial charge in [0.2, 0.25) is 0 Å². The number of carbonyl (C=O) groups excluding carboxylic acids is 1. The number of ketones is 1. The van der Waals surface area contributed by atoms with Gasteiger partial charge in [-0.2, -0.15) is 0 Å². The first-order valence-corrected chi connectivity index (χ1v) is 6.11. The number of hydrogen-bond donors (Lipinski definition) is 0. The van der Waals surface area contributed by atoms with Gasteiger partial charge < -0.3 is 4.74 Å². The molecule has 0 aliphatic carbocycles. The van der Waals surface area contributed by atoms with Crippen LogP contribution in [0.5, 0.6) is 5.75 Å². The van der Waals surface area contributed by atoms with E-state index in [0.29, 0.717) is 11.3 Å². The molecule has 0 aliphatic heterocycles. The predicted octanol–water partition coefficient (Wildman–Crippen LogP) is 3.85. The fraction of sp³-hybridized carbons (Fsp3) is 0.0714. The highest BCUT2D eigenvalue weighted by Crippen LogP contribution is 2.14. The third-order valence-corrected chi connectivity index (χ3v) is 2.81. The van der Waals surface area contributed by atoms with Crippen LogP contribution in [0.4, 0.5) is 4.39 Å². The molecule has 2 aromatic carbocycles. The Morgan fingerprint density at radius 1 is 1.17 bits per heavy atom. The molecule has 2 aromatic rings. The van der Waals surface area contributed by atoms with Gasteiger partial charge >= 0.3 is 0 Å². The minimum atomic E-state index is -0.387. The van der Waals surface area contributed by atoms with E-state index in [1.54, 1.807) is 24.3 Å². The van der Waals surface area contributed by atoms with E-state index in [0.717, 1.165) is 4.47 Å². The number of halogens is 2. The van der Waals surface area contributed by atoms with E-state index in [9.17, 15) is 9.18 Å². The van der Waals surface area contributed by atoms with E-state index < -0.39 is 0 Å². The van der Waals surface area contributed by atoms with Crippen molar-refractivity contribution in [2.45, 2.75) is 0 Å². The summed E-state index contributed by atoms with van der Waals surface area (Å²) >= 11 is 3.29. The molecule has 0 saturated heterocycles. The van der Waals surface area contributed by atoms with Crippen molar-refractivity contribution in [3.8, 4) is 5.75 Å². The van der Waals surface area contributed by atoms with E-state index in [4.69, 9.17) is 4.74 Å². The third kappa shape index (κ3) is 3.40. The monoisotopic (exact) mass is 308 g/mol. The Labute approximate surface area is 113 Å². The van der Waals surface area contributed by atoms with Gasteiger partial charge in [-0.15, -0.1) is 0 Å². The summed E-state index contributed by atoms with van der Waals surface area (Å²) in [5.74, 6) is -0.193. The van der Waals surface area contributed by atoms with Gasteiger partial charge in [-0.05, 0) is 24.3 Å². The molecule has 0 aliphatic rings. The van der Waals surface area contributed by atoms with Gasteiger partial charge in [0.05, 0.1) is 0 Å². The lowest BCUT2D eigenvalue weighted by atomic mass is 10.1. The molecule has 0 atom stereocenters. The van der Waals surface area contributed by atoms with Crippen molar-refractivity contribution < 1.29 is 13.9 Å². The van der Waals surface area contributed by atoms with Crippen LogP contribution in [0.25, 0.3) is 0 Å². The lowest BCUT2D eigenvalue weighted by Gasteiger charge is -2.05. The summed E-state index contributed by atoms with van der Waals surface area (Å²) in [6.07, 6.45) is 0. The van der Waals surface area contributed by atoms with Gasteiger partial charge in [0.15, 0.2) is 12.4 Å². The molecule has 4 heteroatoms. The summed E-state index contributed by atoms with van der Waals surface area (Å²) in [4.78, 5) is 11.8. The van der Waals surface area contributed by atoms with Gasteiger partial charge in [-0.25, -0.2) is 4.39 Å². The molecule has 0 spiro atoms. The van der Waals surface area contributed by atoms with E-state index in [-0.39, 0.29) is 18.2 Å². The SMILES string of the molecule is O=C(COc1cccc(F)c1)c1cccc(Br)c1. The molecule has 0 N–H and O–H groups in total. The fourth-order valence-corrected chi connectivity index (χ4v) is 1.85. The Morgan fingerprint density at radius 3 is 2.67 bits per heavy atom. The van der Waals surface area contributed by atoms with Crippen molar-refractivity contribution in [1.29, 1.82) is 0 Å². The molecule has 0 fully saturated rings. The molecule has 2 rings (SSSR count). The Kier molecular flexibility index (Phi) is 4.10. The normalized spacial score (nSPS) is 10.1. The number of ether oxygens (including phenoxy) is 1. The summed E-state index contributed by atoms with van der Waals surface area (Å²) in [5.41, 5.74) is 0.556. The summed E-state index contributed by atoms with van der Waals surface area (Å²) in [6.45, 7) is -0.111. The van der Waals surface area contributed by atoms with Crippen LogP contribution >= 0.6 is 15.9 Å². The molecule has 92 valence electrons. The highest BCUT2D eigenvalue weighted by atomic mass is 79.9. The fourth-order valence-electron chi connectivity index (χ4n) is 1.45. The number of hydrogen-bond acceptors (Lipinski definition) is 2. The Bertz CT molecular complexity index is 569. The molecular formula is C14H10BrFO2. The molecule has 0 amide bonds. The van der Waals surface area contributed by atoms with Gasteiger partial charge in [0.25, 0.3) is 0 Å².